The van der Waals surface area contributed by atoms with E-state index in [0.29, 0.717) is 15.8 Å². The first-order valence-corrected chi connectivity index (χ1v) is 6.89. The van der Waals surface area contributed by atoms with Crippen LogP contribution >= 0.6 is 11.3 Å². The molecule has 0 aliphatic carbocycles. The average Bonchev–Trinajstić information content (AvgIpc) is 2.83. The van der Waals surface area contributed by atoms with Gasteiger partial charge >= 0.3 is 6.18 Å². The quantitative estimate of drug-likeness (QED) is 0.880. The molecule has 21 heavy (non-hydrogen) atoms. The molecule has 0 bridgehead atoms. The van der Waals surface area contributed by atoms with Gasteiger partial charge in [-0.1, -0.05) is 11.3 Å². The van der Waals surface area contributed by atoms with Crippen LogP contribution < -0.4 is 11.1 Å². The Kier molecular flexibility index (Phi) is 4.56. The number of alkyl halides is 3. The summed E-state index contributed by atoms with van der Waals surface area (Å²) >= 11 is 1.22. The number of nitrogen functional groups attached to an aromatic ring is 1. The predicted octanol–water partition coefficient (Wildman–Crippen LogP) is 2.58. The van der Waals surface area contributed by atoms with Gasteiger partial charge < -0.3 is 11.1 Å². The van der Waals surface area contributed by atoms with Gasteiger partial charge in [-0.15, -0.1) is 10.2 Å². The number of rotatable bonds is 5. The van der Waals surface area contributed by atoms with E-state index in [0.717, 1.165) is 0 Å². The smallest absolute Gasteiger partial charge is 0.374 e. The van der Waals surface area contributed by atoms with Gasteiger partial charge in [-0.2, -0.15) is 13.2 Å². The van der Waals surface area contributed by atoms with Crippen molar-refractivity contribution in [2.24, 2.45) is 0 Å². The molecule has 0 spiro atoms. The van der Waals surface area contributed by atoms with E-state index in [9.17, 15) is 13.2 Å². The molecular weight excluding hydrogens is 305 g/mol. The SMILES string of the molecule is C[C@H](Nc1nccc(CCC(F)(F)F)n1)c1nnc(N)s1. The van der Waals surface area contributed by atoms with Crippen LogP contribution in [-0.2, 0) is 6.42 Å². The fourth-order valence-corrected chi connectivity index (χ4v) is 2.16. The molecule has 3 N–H and O–H groups in total. The summed E-state index contributed by atoms with van der Waals surface area (Å²) in [6, 6.07) is 1.22. The Morgan fingerprint density at radius 2 is 2.14 bits per heavy atom. The van der Waals surface area contributed by atoms with Crippen LogP contribution in [-0.4, -0.2) is 26.3 Å². The van der Waals surface area contributed by atoms with Crippen molar-refractivity contribution in [3.8, 4) is 0 Å². The van der Waals surface area contributed by atoms with E-state index in [1.807, 2.05) is 6.92 Å². The maximum absolute atomic E-state index is 12.2. The molecule has 0 unspecified atom stereocenters. The molecule has 2 aromatic heterocycles. The Hall–Kier alpha value is -1.97. The minimum Gasteiger partial charge on any atom is -0.374 e. The maximum Gasteiger partial charge on any atom is 0.389 e. The van der Waals surface area contributed by atoms with Gasteiger partial charge in [0.2, 0.25) is 11.1 Å². The molecule has 1 atom stereocenters. The van der Waals surface area contributed by atoms with Crippen molar-refractivity contribution in [1.29, 1.82) is 0 Å². The zero-order valence-electron chi connectivity index (χ0n) is 11.1. The third-order valence-electron chi connectivity index (χ3n) is 2.55. The Morgan fingerprint density at radius 1 is 1.38 bits per heavy atom. The molecule has 2 aromatic rings. The largest absolute Gasteiger partial charge is 0.389 e. The molecule has 0 radical (unpaired) electrons. The Bertz CT molecular complexity index is 600. The highest BCUT2D eigenvalue weighted by atomic mass is 32.1. The number of hydrogen-bond donors (Lipinski definition) is 2. The zero-order valence-corrected chi connectivity index (χ0v) is 11.9. The zero-order chi connectivity index (χ0) is 15.5. The molecule has 10 heteroatoms. The first-order valence-electron chi connectivity index (χ1n) is 6.07. The lowest BCUT2D eigenvalue weighted by Crippen LogP contribution is -2.12. The van der Waals surface area contributed by atoms with Gasteiger partial charge in [0.15, 0.2) is 0 Å². The second-order valence-corrected chi connectivity index (χ2v) is 5.37. The summed E-state index contributed by atoms with van der Waals surface area (Å²) < 4.78 is 36.6. The highest BCUT2D eigenvalue weighted by molar-refractivity contribution is 7.15. The van der Waals surface area contributed by atoms with Crippen molar-refractivity contribution in [2.75, 3.05) is 11.1 Å². The Labute approximate surface area is 122 Å². The van der Waals surface area contributed by atoms with Gasteiger partial charge in [-0.25, -0.2) is 9.97 Å². The summed E-state index contributed by atoms with van der Waals surface area (Å²) in [5.74, 6) is 0.246. The van der Waals surface area contributed by atoms with Crippen LogP contribution in [0.3, 0.4) is 0 Å². The highest BCUT2D eigenvalue weighted by Crippen LogP contribution is 2.23. The number of nitrogens with one attached hydrogen (secondary N) is 1. The minimum atomic E-state index is -4.20. The lowest BCUT2D eigenvalue weighted by atomic mass is 10.2. The summed E-state index contributed by atoms with van der Waals surface area (Å²) in [7, 11) is 0. The van der Waals surface area contributed by atoms with Crippen LogP contribution in [0.4, 0.5) is 24.3 Å². The van der Waals surface area contributed by atoms with E-state index in [1.54, 1.807) is 0 Å². The van der Waals surface area contributed by atoms with E-state index in [-0.39, 0.29) is 18.4 Å². The van der Waals surface area contributed by atoms with Gasteiger partial charge in [0.25, 0.3) is 0 Å². The number of nitrogens with zero attached hydrogens (tertiary/aromatic N) is 4. The Morgan fingerprint density at radius 3 is 2.76 bits per heavy atom. The van der Waals surface area contributed by atoms with Crippen LogP contribution in [0.5, 0.6) is 0 Å². The third-order valence-corrected chi connectivity index (χ3v) is 3.49. The number of anilines is 2. The second-order valence-electron chi connectivity index (χ2n) is 4.33. The summed E-state index contributed by atoms with van der Waals surface area (Å²) in [6.45, 7) is 1.81. The van der Waals surface area contributed by atoms with Crippen LogP contribution in [0.2, 0.25) is 0 Å². The molecule has 0 aliphatic heterocycles. The molecule has 0 aromatic carbocycles. The van der Waals surface area contributed by atoms with Gasteiger partial charge in [0.1, 0.15) is 5.01 Å². The van der Waals surface area contributed by atoms with Gasteiger partial charge in [-0.05, 0) is 19.4 Å². The van der Waals surface area contributed by atoms with Crippen molar-refractivity contribution in [3.05, 3.63) is 23.0 Å². The lowest BCUT2D eigenvalue weighted by molar-refractivity contribution is -0.134. The fraction of sp³-hybridized carbons (Fsp3) is 0.455. The highest BCUT2D eigenvalue weighted by Gasteiger charge is 2.26. The normalized spacial score (nSPS) is 13.1. The van der Waals surface area contributed by atoms with E-state index in [4.69, 9.17) is 5.73 Å². The third kappa shape index (κ3) is 4.81. The number of halogens is 3. The van der Waals surface area contributed by atoms with Crippen molar-refractivity contribution < 1.29 is 13.2 Å². The number of hydrogen-bond acceptors (Lipinski definition) is 7. The summed E-state index contributed by atoms with van der Waals surface area (Å²) in [6.07, 6.45) is -3.87. The molecule has 0 aliphatic rings. The summed E-state index contributed by atoms with van der Waals surface area (Å²) in [4.78, 5) is 8.03. The van der Waals surface area contributed by atoms with Crippen molar-refractivity contribution in [1.82, 2.24) is 20.2 Å². The van der Waals surface area contributed by atoms with Crippen molar-refractivity contribution in [2.45, 2.75) is 32.0 Å². The van der Waals surface area contributed by atoms with Gasteiger partial charge in [0, 0.05) is 18.3 Å². The molecule has 6 nitrogen and oxygen atoms in total. The molecule has 114 valence electrons. The van der Waals surface area contributed by atoms with E-state index in [2.05, 4.69) is 25.5 Å². The average molecular weight is 318 g/mol. The van der Waals surface area contributed by atoms with Crippen LogP contribution in [0, 0.1) is 0 Å². The fourth-order valence-electron chi connectivity index (χ4n) is 1.55. The lowest BCUT2D eigenvalue weighted by Gasteiger charge is -2.11. The van der Waals surface area contributed by atoms with Gasteiger partial charge in [0.05, 0.1) is 6.04 Å². The molecular formula is C11H13F3N6S. The minimum absolute atomic E-state index is 0.180. The van der Waals surface area contributed by atoms with Crippen molar-refractivity contribution >= 4 is 22.4 Å². The van der Waals surface area contributed by atoms with E-state index in [1.165, 1.54) is 23.6 Å². The van der Waals surface area contributed by atoms with Crippen LogP contribution in [0.1, 0.15) is 30.1 Å². The van der Waals surface area contributed by atoms with E-state index < -0.39 is 12.6 Å². The number of aryl methyl sites for hydroxylation is 1. The molecule has 2 rings (SSSR count). The molecule has 0 saturated carbocycles. The molecule has 0 amide bonds. The second kappa shape index (κ2) is 6.20. The first kappa shape index (κ1) is 15.4. The predicted molar refractivity (Wildman–Crippen MR) is 72.8 cm³/mol. The standard InChI is InChI=1S/C11H13F3N6S/c1-6(8-19-20-9(15)21-8)17-10-16-5-3-7(18-10)2-4-11(12,13)14/h3,5-6H,2,4H2,1H3,(H2,15,20)(H,16,17,18)/t6-/m0/s1. The van der Waals surface area contributed by atoms with Crippen molar-refractivity contribution in [3.63, 3.8) is 0 Å². The first-order chi connectivity index (χ1) is 9.83. The van der Waals surface area contributed by atoms with Crippen LogP contribution in [0.25, 0.3) is 0 Å². The Balaban J connectivity index is 2.00. The number of aromatic nitrogens is 4. The summed E-state index contributed by atoms with van der Waals surface area (Å²) in [5.41, 5.74) is 5.82. The molecule has 0 saturated heterocycles. The number of nitrogens with two attached hydrogens (primary N) is 1. The molecule has 2 heterocycles. The summed E-state index contributed by atoms with van der Waals surface area (Å²) in [5, 5.41) is 11.5. The monoisotopic (exact) mass is 318 g/mol. The van der Waals surface area contributed by atoms with E-state index >= 15 is 0 Å². The molecule has 0 fully saturated rings. The van der Waals surface area contributed by atoms with Gasteiger partial charge in [-0.3, -0.25) is 0 Å². The van der Waals surface area contributed by atoms with Crippen LogP contribution in [0.15, 0.2) is 12.3 Å². The maximum atomic E-state index is 12.2. The topological polar surface area (TPSA) is 89.6 Å².